The van der Waals surface area contributed by atoms with Crippen LogP contribution in [0.1, 0.15) is 18.7 Å². The standard InChI is InChI=1S/C10H15NOS/c1-8-5-11-9(7-13-6-8)10-3-2-4-12-10/h2-4,8-9,11H,5-7H2,1H3. The van der Waals surface area contributed by atoms with E-state index in [0.29, 0.717) is 6.04 Å². The van der Waals surface area contributed by atoms with Gasteiger partial charge in [0.2, 0.25) is 0 Å². The van der Waals surface area contributed by atoms with Crippen molar-refractivity contribution in [1.82, 2.24) is 5.32 Å². The topological polar surface area (TPSA) is 25.2 Å². The Morgan fingerprint density at radius 2 is 2.46 bits per heavy atom. The minimum atomic E-state index is 0.407. The average molecular weight is 197 g/mol. The van der Waals surface area contributed by atoms with Crippen LogP contribution in [-0.2, 0) is 0 Å². The monoisotopic (exact) mass is 197 g/mol. The van der Waals surface area contributed by atoms with Crippen molar-refractivity contribution in [2.75, 3.05) is 18.1 Å². The van der Waals surface area contributed by atoms with Crippen LogP contribution in [0, 0.1) is 5.92 Å². The number of hydrogen-bond acceptors (Lipinski definition) is 3. The third-order valence-corrected chi connectivity index (χ3v) is 3.66. The molecule has 13 heavy (non-hydrogen) atoms. The average Bonchev–Trinajstić information content (AvgIpc) is 2.56. The van der Waals surface area contributed by atoms with Crippen LogP contribution in [0.15, 0.2) is 22.8 Å². The van der Waals surface area contributed by atoms with Crippen molar-refractivity contribution >= 4 is 11.8 Å². The molecule has 3 heteroatoms. The van der Waals surface area contributed by atoms with Gasteiger partial charge < -0.3 is 9.73 Å². The largest absolute Gasteiger partial charge is 0.468 e. The number of thioether (sulfide) groups is 1. The van der Waals surface area contributed by atoms with E-state index in [1.165, 1.54) is 5.75 Å². The van der Waals surface area contributed by atoms with E-state index in [1.807, 2.05) is 23.9 Å². The summed E-state index contributed by atoms with van der Waals surface area (Å²) in [5, 5.41) is 3.52. The summed E-state index contributed by atoms with van der Waals surface area (Å²) >= 11 is 2.01. The van der Waals surface area contributed by atoms with E-state index < -0.39 is 0 Å². The molecular formula is C10H15NOS. The summed E-state index contributed by atoms with van der Waals surface area (Å²) in [6.07, 6.45) is 1.75. The maximum atomic E-state index is 5.39. The van der Waals surface area contributed by atoms with Crippen molar-refractivity contribution in [1.29, 1.82) is 0 Å². The molecule has 0 amide bonds. The van der Waals surface area contributed by atoms with E-state index in [1.54, 1.807) is 6.26 Å². The molecule has 0 spiro atoms. The van der Waals surface area contributed by atoms with Crippen molar-refractivity contribution in [2.45, 2.75) is 13.0 Å². The molecule has 2 nitrogen and oxygen atoms in total. The van der Waals surface area contributed by atoms with Crippen LogP contribution in [0.2, 0.25) is 0 Å². The van der Waals surface area contributed by atoms with Gasteiger partial charge in [-0.3, -0.25) is 0 Å². The first-order valence-corrected chi connectivity index (χ1v) is 5.86. The van der Waals surface area contributed by atoms with Crippen molar-refractivity contribution in [2.24, 2.45) is 5.92 Å². The maximum Gasteiger partial charge on any atom is 0.121 e. The second kappa shape index (κ2) is 4.20. The fourth-order valence-corrected chi connectivity index (χ4v) is 2.69. The van der Waals surface area contributed by atoms with Crippen LogP contribution in [-0.4, -0.2) is 18.1 Å². The molecule has 1 aromatic heterocycles. The molecule has 0 aliphatic carbocycles. The SMILES string of the molecule is CC1CNC(c2ccco2)CSC1. The minimum absolute atomic E-state index is 0.407. The van der Waals surface area contributed by atoms with E-state index >= 15 is 0 Å². The summed E-state index contributed by atoms with van der Waals surface area (Å²) < 4.78 is 5.39. The van der Waals surface area contributed by atoms with Gasteiger partial charge in [-0.1, -0.05) is 6.92 Å². The Kier molecular flexibility index (Phi) is 2.96. The molecule has 1 N–H and O–H groups in total. The third kappa shape index (κ3) is 2.29. The first-order chi connectivity index (χ1) is 6.36. The smallest absolute Gasteiger partial charge is 0.121 e. The van der Waals surface area contributed by atoms with Crippen molar-refractivity contribution in [3.05, 3.63) is 24.2 Å². The normalized spacial score (nSPS) is 29.9. The highest BCUT2D eigenvalue weighted by molar-refractivity contribution is 7.99. The lowest BCUT2D eigenvalue weighted by Crippen LogP contribution is -2.25. The van der Waals surface area contributed by atoms with Gasteiger partial charge in [0.05, 0.1) is 12.3 Å². The molecule has 2 unspecified atom stereocenters. The van der Waals surface area contributed by atoms with Gasteiger partial charge in [0, 0.05) is 5.75 Å². The summed E-state index contributed by atoms with van der Waals surface area (Å²) in [6.45, 7) is 3.38. The van der Waals surface area contributed by atoms with Gasteiger partial charge in [-0.2, -0.15) is 11.8 Å². The fourth-order valence-electron chi connectivity index (χ4n) is 1.52. The summed E-state index contributed by atoms with van der Waals surface area (Å²) in [4.78, 5) is 0. The van der Waals surface area contributed by atoms with Crippen LogP contribution in [0.5, 0.6) is 0 Å². The van der Waals surface area contributed by atoms with Crippen LogP contribution in [0.3, 0.4) is 0 Å². The van der Waals surface area contributed by atoms with Crippen LogP contribution in [0.4, 0.5) is 0 Å². The highest BCUT2D eigenvalue weighted by Gasteiger charge is 2.18. The molecule has 1 aliphatic heterocycles. The zero-order valence-electron chi connectivity index (χ0n) is 7.82. The van der Waals surface area contributed by atoms with Gasteiger partial charge in [0.15, 0.2) is 0 Å². The molecule has 2 heterocycles. The van der Waals surface area contributed by atoms with Gasteiger partial charge in [-0.05, 0) is 30.3 Å². The molecule has 1 saturated heterocycles. The predicted molar refractivity (Wildman–Crippen MR) is 55.9 cm³/mol. The molecule has 2 rings (SSSR count). The lowest BCUT2D eigenvalue weighted by molar-refractivity contribution is 0.423. The number of furan rings is 1. The van der Waals surface area contributed by atoms with Crippen LogP contribution >= 0.6 is 11.8 Å². The quantitative estimate of drug-likeness (QED) is 0.748. The Hall–Kier alpha value is -0.410. The second-order valence-corrected chi connectivity index (χ2v) is 4.69. The number of hydrogen-bond donors (Lipinski definition) is 1. The Labute approximate surface area is 83.1 Å². The molecule has 0 bridgehead atoms. The first kappa shape index (κ1) is 9.16. The van der Waals surface area contributed by atoms with Crippen LogP contribution in [0.25, 0.3) is 0 Å². The molecule has 1 aliphatic rings. The Morgan fingerprint density at radius 3 is 3.23 bits per heavy atom. The van der Waals surface area contributed by atoms with E-state index in [2.05, 4.69) is 12.2 Å². The van der Waals surface area contributed by atoms with E-state index in [4.69, 9.17) is 4.42 Å². The molecule has 0 saturated carbocycles. The summed E-state index contributed by atoms with van der Waals surface area (Å²) in [5.41, 5.74) is 0. The van der Waals surface area contributed by atoms with Gasteiger partial charge >= 0.3 is 0 Å². The molecule has 0 radical (unpaired) electrons. The summed E-state index contributed by atoms with van der Waals surface area (Å²) in [6, 6.07) is 4.41. The number of rotatable bonds is 1. The maximum absolute atomic E-state index is 5.39. The zero-order chi connectivity index (χ0) is 9.10. The molecule has 1 aromatic rings. The predicted octanol–water partition coefficient (Wildman–Crippen LogP) is 2.29. The van der Waals surface area contributed by atoms with Crippen molar-refractivity contribution in [3.63, 3.8) is 0 Å². The highest BCUT2D eigenvalue weighted by Crippen LogP contribution is 2.23. The number of nitrogens with one attached hydrogen (secondary N) is 1. The van der Waals surface area contributed by atoms with Crippen molar-refractivity contribution in [3.8, 4) is 0 Å². The van der Waals surface area contributed by atoms with Crippen LogP contribution < -0.4 is 5.32 Å². The van der Waals surface area contributed by atoms with Gasteiger partial charge in [0.25, 0.3) is 0 Å². The van der Waals surface area contributed by atoms with Gasteiger partial charge in [0.1, 0.15) is 5.76 Å². The van der Waals surface area contributed by atoms with Gasteiger partial charge in [-0.15, -0.1) is 0 Å². The first-order valence-electron chi connectivity index (χ1n) is 4.71. The zero-order valence-corrected chi connectivity index (χ0v) is 8.64. The lowest BCUT2D eigenvalue weighted by atomic mass is 10.2. The Balaban J connectivity index is 2.00. The molecule has 1 fully saturated rings. The van der Waals surface area contributed by atoms with Crippen molar-refractivity contribution < 1.29 is 4.42 Å². The summed E-state index contributed by atoms with van der Waals surface area (Å²) in [7, 11) is 0. The molecular weight excluding hydrogens is 182 g/mol. The fraction of sp³-hybridized carbons (Fsp3) is 0.600. The van der Waals surface area contributed by atoms with E-state index in [9.17, 15) is 0 Å². The van der Waals surface area contributed by atoms with E-state index in [-0.39, 0.29) is 0 Å². The summed E-state index contributed by atoms with van der Waals surface area (Å²) in [5.74, 6) is 4.22. The van der Waals surface area contributed by atoms with E-state index in [0.717, 1.165) is 24.0 Å². The molecule has 72 valence electrons. The van der Waals surface area contributed by atoms with Gasteiger partial charge in [-0.25, -0.2) is 0 Å². The Morgan fingerprint density at radius 1 is 1.54 bits per heavy atom. The second-order valence-electron chi connectivity index (χ2n) is 3.62. The highest BCUT2D eigenvalue weighted by atomic mass is 32.2. The Bertz CT molecular complexity index is 247. The molecule has 2 atom stereocenters. The minimum Gasteiger partial charge on any atom is -0.468 e. The molecule has 0 aromatic carbocycles. The third-order valence-electron chi connectivity index (χ3n) is 2.29. The lowest BCUT2D eigenvalue weighted by Gasteiger charge is -2.12.